The molecule has 3 aromatic rings. The van der Waals surface area contributed by atoms with Crippen molar-refractivity contribution < 1.29 is 4.79 Å². The number of amides is 1. The predicted octanol–water partition coefficient (Wildman–Crippen LogP) is 3.42. The average Bonchev–Trinajstić information content (AvgIpc) is 2.69. The molecule has 1 aromatic carbocycles. The Hall–Kier alpha value is -3.28. The topological polar surface area (TPSA) is 79.8 Å². The number of benzene rings is 1. The molecule has 0 saturated heterocycles. The van der Waals surface area contributed by atoms with Crippen LogP contribution in [0.25, 0.3) is 0 Å². The Morgan fingerprint density at radius 1 is 1.08 bits per heavy atom. The maximum absolute atomic E-state index is 12.2. The van der Waals surface area contributed by atoms with Gasteiger partial charge < -0.3 is 10.6 Å². The molecule has 132 valence electrons. The molecule has 0 bridgehead atoms. The molecule has 6 nitrogen and oxygen atoms in total. The third-order valence-electron chi connectivity index (χ3n) is 4.05. The van der Waals surface area contributed by atoms with Gasteiger partial charge in [0.2, 0.25) is 0 Å². The van der Waals surface area contributed by atoms with E-state index in [1.165, 1.54) is 11.8 Å². The van der Waals surface area contributed by atoms with Gasteiger partial charge in [-0.25, -0.2) is 9.97 Å². The van der Waals surface area contributed by atoms with Crippen molar-refractivity contribution in [3.63, 3.8) is 0 Å². The van der Waals surface area contributed by atoms with Crippen molar-refractivity contribution in [2.45, 2.75) is 26.8 Å². The van der Waals surface area contributed by atoms with E-state index in [-0.39, 0.29) is 11.6 Å². The molecule has 0 radical (unpaired) electrons. The van der Waals surface area contributed by atoms with Crippen molar-refractivity contribution in [2.75, 3.05) is 5.32 Å². The monoisotopic (exact) mass is 347 g/mol. The number of rotatable bonds is 6. The SMILES string of the molecule is CCc1cccc(C)c1Nc1cnc(C(=O)NCc2cccnc2)cn1. The van der Waals surface area contributed by atoms with Crippen molar-refractivity contribution in [1.29, 1.82) is 0 Å². The summed E-state index contributed by atoms with van der Waals surface area (Å²) in [6.07, 6.45) is 7.38. The molecule has 0 aliphatic carbocycles. The Balaban J connectivity index is 1.66. The molecule has 0 aliphatic rings. The average molecular weight is 347 g/mol. The summed E-state index contributed by atoms with van der Waals surface area (Å²) in [5, 5.41) is 6.11. The number of aryl methyl sites for hydroxylation is 2. The first-order valence-corrected chi connectivity index (χ1v) is 8.52. The molecule has 0 spiro atoms. The van der Waals surface area contributed by atoms with Gasteiger partial charge in [0, 0.05) is 24.6 Å². The molecule has 2 heterocycles. The minimum Gasteiger partial charge on any atom is -0.347 e. The lowest BCUT2D eigenvalue weighted by Crippen LogP contribution is -2.24. The molecule has 6 heteroatoms. The Kier molecular flexibility index (Phi) is 5.53. The van der Waals surface area contributed by atoms with Crippen LogP contribution in [0.15, 0.2) is 55.1 Å². The zero-order chi connectivity index (χ0) is 18.4. The van der Waals surface area contributed by atoms with E-state index < -0.39 is 0 Å². The molecule has 2 N–H and O–H groups in total. The summed E-state index contributed by atoms with van der Waals surface area (Å²) >= 11 is 0. The summed E-state index contributed by atoms with van der Waals surface area (Å²) in [6.45, 7) is 4.56. The quantitative estimate of drug-likeness (QED) is 0.714. The Morgan fingerprint density at radius 2 is 1.96 bits per heavy atom. The van der Waals surface area contributed by atoms with Gasteiger partial charge in [-0.1, -0.05) is 31.2 Å². The van der Waals surface area contributed by atoms with Gasteiger partial charge >= 0.3 is 0 Å². The number of hydrogen-bond acceptors (Lipinski definition) is 5. The number of nitrogens with one attached hydrogen (secondary N) is 2. The lowest BCUT2D eigenvalue weighted by atomic mass is 10.1. The maximum Gasteiger partial charge on any atom is 0.271 e. The third kappa shape index (κ3) is 4.22. The summed E-state index contributed by atoms with van der Waals surface area (Å²) < 4.78 is 0. The zero-order valence-electron chi connectivity index (χ0n) is 14.9. The number of carbonyl (C=O) groups excluding carboxylic acids is 1. The van der Waals surface area contributed by atoms with Crippen LogP contribution in [-0.2, 0) is 13.0 Å². The second kappa shape index (κ2) is 8.20. The number of carbonyl (C=O) groups is 1. The van der Waals surface area contributed by atoms with Gasteiger partial charge in [-0.2, -0.15) is 0 Å². The zero-order valence-corrected chi connectivity index (χ0v) is 14.9. The van der Waals surface area contributed by atoms with E-state index in [0.29, 0.717) is 12.4 Å². The third-order valence-corrected chi connectivity index (χ3v) is 4.05. The molecule has 26 heavy (non-hydrogen) atoms. The van der Waals surface area contributed by atoms with Crippen LogP contribution in [0.2, 0.25) is 0 Å². The number of hydrogen-bond donors (Lipinski definition) is 2. The van der Waals surface area contributed by atoms with Crippen LogP contribution in [0.5, 0.6) is 0 Å². The number of nitrogens with zero attached hydrogens (tertiary/aromatic N) is 3. The minimum atomic E-state index is -0.266. The van der Waals surface area contributed by atoms with Gasteiger partial charge in [0.05, 0.1) is 12.4 Å². The molecule has 0 saturated carbocycles. The summed E-state index contributed by atoms with van der Waals surface area (Å²) in [4.78, 5) is 24.7. The van der Waals surface area contributed by atoms with Crippen molar-refractivity contribution in [1.82, 2.24) is 20.3 Å². The van der Waals surface area contributed by atoms with E-state index in [1.54, 1.807) is 18.6 Å². The first-order chi connectivity index (χ1) is 12.7. The maximum atomic E-state index is 12.2. The molecule has 2 aromatic heterocycles. The first kappa shape index (κ1) is 17.5. The molecule has 0 aliphatic heterocycles. The van der Waals surface area contributed by atoms with Crippen molar-refractivity contribution in [2.24, 2.45) is 0 Å². The van der Waals surface area contributed by atoms with Crippen LogP contribution in [0.3, 0.4) is 0 Å². The second-order valence-corrected chi connectivity index (χ2v) is 5.92. The highest BCUT2D eigenvalue weighted by molar-refractivity contribution is 5.92. The fourth-order valence-corrected chi connectivity index (χ4v) is 2.62. The molecule has 1 amide bonds. The number of anilines is 2. The van der Waals surface area contributed by atoms with Crippen LogP contribution < -0.4 is 10.6 Å². The van der Waals surface area contributed by atoms with Crippen molar-refractivity contribution in [3.05, 3.63) is 77.5 Å². The molecular weight excluding hydrogens is 326 g/mol. The second-order valence-electron chi connectivity index (χ2n) is 5.92. The highest BCUT2D eigenvalue weighted by Gasteiger charge is 2.09. The van der Waals surface area contributed by atoms with Crippen LogP contribution in [-0.4, -0.2) is 20.9 Å². The van der Waals surface area contributed by atoms with Gasteiger partial charge in [0.1, 0.15) is 11.5 Å². The summed E-state index contributed by atoms with van der Waals surface area (Å²) in [5.74, 6) is 0.343. The standard InChI is InChI=1S/C20H21N5O/c1-3-16-8-4-6-14(2)19(16)25-18-13-22-17(12-23-18)20(26)24-11-15-7-5-9-21-10-15/h4-10,12-13H,3,11H2,1-2H3,(H,23,25)(H,24,26). The van der Waals surface area contributed by atoms with Gasteiger partial charge in [-0.15, -0.1) is 0 Å². The normalized spacial score (nSPS) is 10.4. The van der Waals surface area contributed by atoms with E-state index >= 15 is 0 Å². The van der Waals surface area contributed by atoms with Crippen molar-refractivity contribution in [3.8, 4) is 0 Å². The van der Waals surface area contributed by atoms with Crippen LogP contribution in [0.1, 0.15) is 34.1 Å². The number of para-hydroxylation sites is 1. The minimum absolute atomic E-state index is 0.266. The van der Waals surface area contributed by atoms with E-state index in [0.717, 1.165) is 23.2 Å². The van der Waals surface area contributed by atoms with Gasteiger partial charge in [0.15, 0.2) is 0 Å². The Morgan fingerprint density at radius 3 is 2.65 bits per heavy atom. The number of pyridine rings is 1. The Labute approximate surface area is 152 Å². The lowest BCUT2D eigenvalue weighted by molar-refractivity contribution is 0.0945. The van der Waals surface area contributed by atoms with Gasteiger partial charge in [-0.3, -0.25) is 9.78 Å². The molecule has 3 rings (SSSR count). The largest absolute Gasteiger partial charge is 0.347 e. The van der Waals surface area contributed by atoms with Crippen LogP contribution >= 0.6 is 0 Å². The van der Waals surface area contributed by atoms with Crippen LogP contribution in [0.4, 0.5) is 11.5 Å². The predicted molar refractivity (Wildman–Crippen MR) is 101 cm³/mol. The fourth-order valence-electron chi connectivity index (χ4n) is 2.62. The lowest BCUT2D eigenvalue weighted by Gasteiger charge is -2.13. The van der Waals surface area contributed by atoms with E-state index in [4.69, 9.17) is 0 Å². The first-order valence-electron chi connectivity index (χ1n) is 8.52. The molecular formula is C20H21N5O. The summed E-state index contributed by atoms with van der Waals surface area (Å²) in [6, 6.07) is 9.91. The summed E-state index contributed by atoms with van der Waals surface area (Å²) in [7, 11) is 0. The smallest absolute Gasteiger partial charge is 0.271 e. The van der Waals surface area contributed by atoms with Crippen LogP contribution in [0, 0.1) is 6.92 Å². The van der Waals surface area contributed by atoms with E-state index in [2.05, 4.69) is 51.6 Å². The highest BCUT2D eigenvalue weighted by Crippen LogP contribution is 2.24. The van der Waals surface area contributed by atoms with Crippen molar-refractivity contribution >= 4 is 17.4 Å². The molecule has 0 unspecified atom stereocenters. The van der Waals surface area contributed by atoms with E-state index in [9.17, 15) is 4.79 Å². The summed E-state index contributed by atoms with van der Waals surface area (Å²) in [5.41, 5.74) is 4.60. The highest BCUT2D eigenvalue weighted by atomic mass is 16.1. The molecule has 0 atom stereocenters. The molecule has 0 fully saturated rings. The fraction of sp³-hybridized carbons (Fsp3) is 0.200. The Bertz CT molecular complexity index is 878. The van der Waals surface area contributed by atoms with Gasteiger partial charge in [0.25, 0.3) is 5.91 Å². The van der Waals surface area contributed by atoms with Gasteiger partial charge in [-0.05, 0) is 36.1 Å². The number of aromatic nitrogens is 3. The van der Waals surface area contributed by atoms with E-state index in [1.807, 2.05) is 18.2 Å².